The van der Waals surface area contributed by atoms with Crippen molar-refractivity contribution in [3.05, 3.63) is 0 Å². The lowest BCUT2D eigenvalue weighted by Gasteiger charge is -2.29. The molecule has 0 saturated carbocycles. The quantitative estimate of drug-likeness (QED) is 0.595. The topological polar surface area (TPSA) is 47.5 Å². The summed E-state index contributed by atoms with van der Waals surface area (Å²) in [7, 11) is 3.97. The molecule has 0 aromatic carbocycles. The second-order valence-corrected chi connectivity index (χ2v) is 5.58. The van der Waals surface area contributed by atoms with Crippen LogP contribution in [-0.4, -0.2) is 62.4 Å². The van der Waals surface area contributed by atoms with E-state index in [2.05, 4.69) is 10.6 Å². The zero-order chi connectivity index (χ0) is 12.0. The highest BCUT2D eigenvalue weighted by molar-refractivity contribution is 4.79. The van der Waals surface area contributed by atoms with Crippen molar-refractivity contribution >= 4 is 0 Å². The van der Waals surface area contributed by atoms with Crippen LogP contribution < -0.4 is 10.6 Å². The average Bonchev–Trinajstić information content (AvgIpc) is 2.16. The second kappa shape index (κ2) is 6.55. The van der Waals surface area contributed by atoms with Crippen molar-refractivity contribution in [1.29, 1.82) is 0 Å². The molecule has 2 unspecified atom stereocenters. The lowest BCUT2D eigenvalue weighted by Crippen LogP contribution is -2.47. The molecule has 1 aliphatic heterocycles. The third-order valence-corrected chi connectivity index (χ3v) is 2.99. The van der Waals surface area contributed by atoms with Gasteiger partial charge in [0.05, 0.1) is 5.60 Å². The zero-order valence-electron chi connectivity index (χ0n) is 10.9. The summed E-state index contributed by atoms with van der Waals surface area (Å²) in [5, 5.41) is 16.9. The van der Waals surface area contributed by atoms with Crippen LogP contribution in [0, 0.1) is 5.92 Å². The molecule has 0 aliphatic carbocycles. The fraction of sp³-hybridized carbons (Fsp3) is 1.00. The van der Waals surface area contributed by atoms with Crippen LogP contribution >= 0.6 is 0 Å². The number of likely N-dealkylation sites (N-methyl/N-ethyl adjacent to an activating group) is 1. The van der Waals surface area contributed by atoms with E-state index in [0.717, 1.165) is 25.6 Å². The number of aliphatic hydroxyl groups is 1. The van der Waals surface area contributed by atoms with Gasteiger partial charge in [0.15, 0.2) is 0 Å². The van der Waals surface area contributed by atoms with E-state index in [9.17, 15) is 5.11 Å². The Bertz CT molecular complexity index is 189. The van der Waals surface area contributed by atoms with Gasteiger partial charge < -0.3 is 20.6 Å². The van der Waals surface area contributed by atoms with Gasteiger partial charge in [0, 0.05) is 13.1 Å². The molecule has 0 amide bonds. The van der Waals surface area contributed by atoms with E-state index in [1.165, 1.54) is 12.8 Å². The Morgan fingerprint density at radius 2 is 2.25 bits per heavy atom. The van der Waals surface area contributed by atoms with Crippen molar-refractivity contribution in [3.63, 3.8) is 0 Å². The molecular formula is C12H27N3O. The van der Waals surface area contributed by atoms with Crippen molar-refractivity contribution < 1.29 is 5.11 Å². The van der Waals surface area contributed by atoms with Gasteiger partial charge in [-0.25, -0.2) is 0 Å². The summed E-state index contributed by atoms with van der Waals surface area (Å²) in [6.45, 7) is 6.54. The van der Waals surface area contributed by atoms with E-state index in [4.69, 9.17) is 0 Å². The van der Waals surface area contributed by atoms with Crippen molar-refractivity contribution in [2.24, 2.45) is 5.92 Å². The van der Waals surface area contributed by atoms with Crippen LogP contribution in [0.3, 0.4) is 0 Å². The lowest BCUT2D eigenvalue weighted by atomic mass is 9.99. The molecule has 1 saturated heterocycles. The molecule has 16 heavy (non-hydrogen) atoms. The summed E-state index contributed by atoms with van der Waals surface area (Å²) in [5.74, 6) is 0.726. The normalized spacial score (nSPS) is 25.7. The van der Waals surface area contributed by atoms with Crippen LogP contribution in [0.15, 0.2) is 0 Å². The number of rotatable bonds is 6. The smallest absolute Gasteiger partial charge is 0.0869 e. The first-order valence-corrected chi connectivity index (χ1v) is 6.28. The van der Waals surface area contributed by atoms with Gasteiger partial charge in [-0.3, -0.25) is 0 Å². The molecule has 0 bridgehead atoms. The van der Waals surface area contributed by atoms with Gasteiger partial charge in [0.1, 0.15) is 0 Å². The standard InChI is InChI=1S/C12H27N3O/c1-12(16,10-15(2)3)9-14-8-11-5-4-6-13-7-11/h11,13-14,16H,4-10H2,1-3H3. The molecule has 1 aliphatic rings. The molecule has 0 aromatic rings. The van der Waals surface area contributed by atoms with Gasteiger partial charge in [-0.15, -0.1) is 0 Å². The predicted molar refractivity (Wildman–Crippen MR) is 67.6 cm³/mol. The molecule has 1 rings (SSSR count). The van der Waals surface area contributed by atoms with Crippen molar-refractivity contribution in [3.8, 4) is 0 Å². The van der Waals surface area contributed by atoms with Gasteiger partial charge in [-0.2, -0.15) is 0 Å². The van der Waals surface area contributed by atoms with E-state index in [1.54, 1.807) is 0 Å². The molecule has 0 aromatic heterocycles. The van der Waals surface area contributed by atoms with Crippen LogP contribution in [0.4, 0.5) is 0 Å². The van der Waals surface area contributed by atoms with E-state index in [-0.39, 0.29) is 0 Å². The second-order valence-electron chi connectivity index (χ2n) is 5.58. The van der Waals surface area contributed by atoms with E-state index in [1.807, 2.05) is 25.9 Å². The minimum absolute atomic E-state index is 0.633. The molecular weight excluding hydrogens is 202 g/mol. The molecule has 1 fully saturated rings. The molecule has 2 atom stereocenters. The van der Waals surface area contributed by atoms with Crippen LogP contribution in [0.1, 0.15) is 19.8 Å². The molecule has 1 heterocycles. The Morgan fingerprint density at radius 3 is 2.81 bits per heavy atom. The summed E-state index contributed by atoms with van der Waals surface area (Å²) in [5.41, 5.74) is -0.633. The van der Waals surface area contributed by atoms with Crippen molar-refractivity contribution in [2.75, 3.05) is 46.8 Å². The Kier molecular flexibility index (Phi) is 5.69. The first kappa shape index (κ1) is 13.9. The van der Waals surface area contributed by atoms with Crippen LogP contribution in [0.25, 0.3) is 0 Å². The third kappa shape index (κ3) is 5.80. The van der Waals surface area contributed by atoms with Crippen molar-refractivity contribution in [2.45, 2.75) is 25.4 Å². The monoisotopic (exact) mass is 229 g/mol. The largest absolute Gasteiger partial charge is 0.388 e. The minimum Gasteiger partial charge on any atom is -0.388 e. The Hall–Kier alpha value is -0.160. The summed E-state index contributed by atoms with van der Waals surface area (Å²) in [6.07, 6.45) is 2.58. The Balaban J connectivity index is 2.13. The number of hydrogen-bond donors (Lipinski definition) is 3. The highest BCUT2D eigenvalue weighted by Gasteiger charge is 2.21. The molecule has 0 radical (unpaired) electrons. The predicted octanol–water partition coefficient (Wildman–Crippen LogP) is -0.112. The van der Waals surface area contributed by atoms with Gasteiger partial charge in [0.2, 0.25) is 0 Å². The summed E-state index contributed by atoms with van der Waals surface area (Å²) >= 11 is 0. The number of piperidine rings is 1. The van der Waals surface area contributed by atoms with E-state index < -0.39 is 5.60 Å². The average molecular weight is 229 g/mol. The van der Waals surface area contributed by atoms with Crippen LogP contribution in [0.2, 0.25) is 0 Å². The fourth-order valence-corrected chi connectivity index (χ4v) is 2.38. The van der Waals surface area contributed by atoms with Gasteiger partial charge >= 0.3 is 0 Å². The van der Waals surface area contributed by atoms with E-state index in [0.29, 0.717) is 13.1 Å². The third-order valence-electron chi connectivity index (χ3n) is 2.99. The first-order valence-electron chi connectivity index (χ1n) is 6.28. The molecule has 3 N–H and O–H groups in total. The Morgan fingerprint density at radius 1 is 1.50 bits per heavy atom. The molecule has 4 heteroatoms. The zero-order valence-corrected chi connectivity index (χ0v) is 10.9. The van der Waals surface area contributed by atoms with Gasteiger partial charge in [-0.05, 0) is 59.4 Å². The van der Waals surface area contributed by atoms with Crippen molar-refractivity contribution in [1.82, 2.24) is 15.5 Å². The Labute approximate surface area is 99.4 Å². The number of nitrogens with one attached hydrogen (secondary N) is 2. The minimum atomic E-state index is -0.633. The SMILES string of the molecule is CN(C)CC(C)(O)CNCC1CCCNC1. The maximum atomic E-state index is 10.1. The number of nitrogens with zero attached hydrogens (tertiary/aromatic N) is 1. The summed E-state index contributed by atoms with van der Waals surface area (Å²) in [4.78, 5) is 2.02. The number of hydrogen-bond acceptors (Lipinski definition) is 4. The molecule has 96 valence electrons. The maximum Gasteiger partial charge on any atom is 0.0869 e. The lowest BCUT2D eigenvalue weighted by molar-refractivity contribution is 0.0329. The fourth-order valence-electron chi connectivity index (χ4n) is 2.38. The van der Waals surface area contributed by atoms with Crippen LogP contribution in [0.5, 0.6) is 0 Å². The molecule has 4 nitrogen and oxygen atoms in total. The van der Waals surface area contributed by atoms with E-state index >= 15 is 0 Å². The summed E-state index contributed by atoms with van der Waals surface area (Å²) < 4.78 is 0. The van der Waals surface area contributed by atoms with Crippen LogP contribution in [-0.2, 0) is 0 Å². The maximum absolute atomic E-state index is 10.1. The molecule has 0 spiro atoms. The summed E-state index contributed by atoms with van der Waals surface area (Å²) in [6, 6.07) is 0. The first-order chi connectivity index (χ1) is 7.49. The highest BCUT2D eigenvalue weighted by atomic mass is 16.3. The van der Waals surface area contributed by atoms with Gasteiger partial charge in [0.25, 0.3) is 0 Å². The highest BCUT2D eigenvalue weighted by Crippen LogP contribution is 2.09. The van der Waals surface area contributed by atoms with Gasteiger partial charge in [-0.1, -0.05) is 0 Å².